The smallest absolute Gasteiger partial charge is 0.255 e. The molecule has 2 unspecified atom stereocenters. The van der Waals surface area contributed by atoms with Crippen molar-refractivity contribution in [3.8, 4) is 17.1 Å². The lowest BCUT2D eigenvalue weighted by Gasteiger charge is -2.31. The zero-order valence-electron chi connectivity index (χ0n) is 24.5. The third-order valence-electron chi connectivity index (χ3n) is 7.78. The molecule has 6 rings (SSSR count). The Morgan fingerprint density at radius 3 is 2.53 bits per heavy atom. The van der Waals surface area contributed by atoms with E-state index in [1.165, 1.54) is 4.80 Å². The normalized spacial score (nSPS) is 15.5. The number of aromatic nitrogens is 6. The van der Waals surface area contributed by atoms with Crippen LogP contribution in [0.2, 0.25) is 5.02 Å². The number of aryl methyl sites for hydroxylation is 1. The Bertz CT molecular complexity index is 1770. The van der Waals surface area contributed by atoms with Crippen LogP contribution >= 0.6 is 11.6 Å². The van der Waals surface area contributed by atoms with Gasteiger partial charge in [-0.25, -0.2) is 4.98 Å². The lowest BCUT2D eigenvalue weighted by Crippen LogP contribution is -2.46. The monoisotopic (exact) mass is 625 g/mol. The van der Waals surface area contributed by atoms with E-state index in [9.17, 15) is 9.59 Å². The molecule has 5 aromatic rings. The van der Waals surface area contributed by atoms with Crippen LogP contribution in [-0.2, 0) is 24.7 Å². The van der Waals surface area contributed by atoms with E-state index < -0.39 is 17.9 Å². The molecule has 45 heavy (non-hydrogen) atoms. The number of para-hydroxylation sites is 1. The number of tetrazole rings is 1. The Morgan fingerprint density at radius 2 is 1.84 bits per heavy atom. The van der Waals surface area contributed by atoms with Gasteiger partial charge in [0.2, 0.25) is 11.7 Å². The van der Waals surface area contributed by atoms with Gasteiger partial charge in [-0.15, -0.1) is 10.2 Å². The van der Waals surface area contributed by atoms with Crippen LogP contribution < -0.4 is 21.1 Å². The maximum absolute atomic E-state index is 13.5. The van der Waals surface area contributed by atoms with Gasteiger partial charge in [-0.05, 0) is 41.0 Å². The summed E-state index contributed by atoms with van der Waals surface area (Å²) in [6.45, 7) is 0.411. The fourth-order valence-corrected chi connectivity index (χ4v) is 5.60. The molecule has 1 aliphatic heterocycles. The molecule has 13 heteroatoms. The number of ether oxygens (including phenoxy) is 1. The van der Waals surface area contributed by atoms with Gasteiger partial charge in [0.25, 0.3) is 5.91 Å². The van der Waals surface area contributed by atoms with E-state index in [4.69, 9.17) is 22.1 Å². The quantitative estimate of drug-likeness (QED) is 0.173. The van der Waals surface area contributed by atoms with Crippen LogP contribution in [0.25, 0.3) is 11.4 Å². The molecule has 2 aromatic heterocycles. The number of rotatable bonds is 11. The van der Waals surface area contributed by atoms with Crippen molar-refractivity contribution >= 4 is 23.4 Å². The number of fused-ring (bicyclic) bond motifs is 1. The second-order valence-electron chi connectivity index (χ2n) is 10.9. The van der Waals surface area contributed by atoms with Crippen molar-refractivity contribution in [3.05, 3.63) is 112 Å². The number of primary amides is 1. The minimum Gasteiger partial charge on any atom is -0.492 e. The van der Waals surface area contributed by atoms with Gasteiger partial charge in [0, 0.05) is 41.2 Å². The number of carbonyl (C=O) groups excluding carboxylic acids is 2. The number of aromatic amines is 1. The molecule has 3 atom stereocenters. The maximum Gasteiger partial charge on any atom is 0.255 e. The number of imidazole rings is 1. The summed E-state index contributed by atoms with van der Waals surface area (Å²) in [6, 6.07) is 19.5. The molecule has 0 bridgehead atoms. The maximum atomic E-state index is 13.5. The molecule has 0 aliphatic carbocycles. The molecule has 0 spiro atoms. The van der Waals surface area contributed by atoms with Crippen LogP contribution in [0, 0.1) is 0 Å². The van der Waals surface area contributed by atoms with Gasteiger partial charge < -0.3 is 26.1 Å². The lowest BCUT2D eigenvalue weighted by atomic mass is 9.94. The molecule has 2 amide bonds. The van der Waals surface area contributed by atoms with Gasteiger partial charge in [-0.2, -0.15) is 4.80 Å². The SMILES string of the molecule is Cn1nnc(-c2ccc(CC(NC3CCOc4c(C(=O)N[C@@H](Cc5ccc(Cl)cc5)C(N)=O)cccc43)c3cnc[nH]3)cc2)n1. The molecule has 5 N–H and O–H groups in total. The van der Waals surface area contributed by atoms with Crippen LogP contribution in [-0.4, -0.2) is 54.6 Å². The first-order valence-corrected chi connectivity index (χ1v) is 14.9. The zero-order chi connectivity index (χ0) is 31.3. The number of halogens is 1. The first-order chi connectivity index (χ1) is 21.8. The Hall–Kier alpha value is -5.07. The average Bonchev–Trinajstić information content (AvgIpc) is 3.74. The number of H-pyrrole nitrogens is 1. The number of hydrogen-bond acceptors (Lipinski definition) is 8. The molecular formula is C32H32ClN9O3. The largest absolute Gasteiger partial charge is 0.492 e. The second-order valence-corrected chi connectivity index (χ2v) is 11.3. The lowest BCUT2D eigenvalue weighted by molar-refractivity contribution is -0.119. The van der Waals surface area contributed by atoms with E-state index in [2.05, 4.69) is 48.1 Å². The second kappa shape index (κ2) is 13.3. The molecule has 230 valence electrons. The van der Waals surface area contributed by atoms with Crippen molar-refractivity contribution in [1.82, 2.24) is 40.8 Å². The van der Waals surface area contributed by atoms with E-state index in [0.717, 1.165) is 27.9 Å². The number of hydrogen-bond donors (Lipinski definition) is 4. The fraction of sp³-hybridized carbons (Fsp3) is 0.250. The number of nitrogens with zero attached hydrogens (tertiary/aromatic N) is 5. The highest BCUT2D eigenvalue weighted by Crippen LogP contribution is 2.37. The highest BCUT2D eigenvalue weighted by molar-refractivity contribution is 6.30. The third-order valence-corrected chi connectivity index (χ3v) is 8.03. The fourth-order valence-electron chi connectivity index (χ4n) is 5.48. The van der Waals surface area contributed by atoms with Gasteiger partial charge in [-0.3, -0.25) is 9.59 Å². The Labute approximate surface area is 264 Å². The van der Waals surface area contributed by atoms with Crippen LogP contribution in [0.5, 0.6) is 5.75 Å². The molecular weight excluding hydrogens is 594 g/mol. The van der Waals surface area contributed by atoms with Crippen LogP contribution in [0.1, 0.15) is 51.2 Å². The number of benzene rings is 3. The van der Waals surface area contributed by atoms with E-state index in [-0.39, 0.29) is 18.5 Å². The number of nitrogens with two attached hydrogens (primary N) is 1. The number of amides is 2. The Morgan fingerprint density at radius 1 is 1.09 bits per heavy atom. The van der Waals surface area contributed by atoms with E-state index in [0.29, 0.717) is 41.6 Å². The number of carbonyl (C=O) groups is 2. The summed E-state index contributed by atoms with van der Waals surface area (Å²) < 4.78 is 6.06. The predicted molar refractivity (Wildman–Crippen MR) is 167 cm³/mol. The highest BCUT2D eigenvalue weighted by atomic mass is 35.5. The molecule has 12 nitrogen and oxygen atoms in total. The summed E-state index contributed by atoms with van der Waals surface area (Å²) >= 11 is 5.99. The molecule has 0 radical (unpaired) electrons. The predicted octanol–water partition coefficient (Wildman–Crippen LogP) is 3.48. The third kappa shape index (κ3) is 7.03. The van der Waals surface area contributed by atoms with Crippen molar-refractivity contribution in [2.75, 3.05) is 6.61 Å². The Balaban J connectivity index is 1.20. The van der Waals surface area contributed by atoms with Crippen LogP contribution in [0.15, 0.2) is 79.3 Å². The number of nitrogens with one attached hydrogen (secondary N) is 3. The summed E-state index contributed by atoms with van der Waals surface area (Å²) in [6.07, 6.45) is 5.08. The summed E-state index contributed by atoms with van der Waals surface area (Å²) in [5, 5.41) is 19.4. The van der Waals surface area contributed by atoms with Gasteiger partial charge in [0.1, 0.15) is 11.8 Å². The molecule has 0 saturated heterocycles. The molecule has 3 heterocycles. The standard InChI is InChI=1S/C32H32ClN9O3/c1-42-40-31(39-41-42)21-9-5-19(6-10-21)15-26(28-17-35-18-36-28)37-25-13-14-45-29-23(25)3-2-4-24(29)32(44)38-27(30(34)43)16-20-7-11-22(33)12-8-20/h2-12,17-18,25-27,37H,13-16H2,1H3,(H2,34,43)(H,35,36)(H,38,44)/t25?,26?,27-/m0/s1. The van der Waals surface area contributed by atoms with Crippen molar-refractivity contribution in [1.29, 1.82) is 0 Å². The minimum atomic E-state index is -0.909. The summed E-state index contributed by atoms with van der Waals surface area (Å²) in [5.74, 6) is -0.0178. The first kappa shape index (κ1) is 30.0. The van der Waals surface area contributed by atoms with Gasteiger partial charge in [0.05, 0.1) is 37.3 Å². The molecule has 0 fully saturated rings. The van der Waals surface area contributed by atoms with Crippen LogP contribution in [0.3, 0.4) is 0 Å². The van der Waals surface area contributed by atoms with Gasteiger partial charge in [0.15, 0.2) is 0 Å². The Kier molecular flexibility index (Phi) is 8.85. The van der Waals surface area contributed by atoms with E-state index in [1.54, 1.807) is 43.7 Å². The summed E-state index contributed by atoms with van der Waals surface area (Å²) in [7, 11) is 1.73. The van der Waals surface area contributed by atoms with Crippen molar-refractivity contribution in [2.24, 2.45) is 12.8 Å². The summed E-state index contributed by atoms with van der Waals surface area (Å²) in [4.78, 5) is 34.7. The van der Waals surface area contributed by atoms with Crippen molar-refractivity contribution < 1.29 is 14.3 Å². The highest BCUT2D eigenvalue weighted by Gasteiger charge is 2.30. The topological polar surface area (TPSA) is 166 Å². The van der Waals surface area contributed by atoms with E-state index >= 15 is 0 Å². The van der Waals surface area contributed by atoms with Gasteiger partial charge in [-0.1, -0.05) is 60.1 Å². The van der Waals surface area contributed by atoms with Crippen molar-refractivity contribution in [3.63, 3.8) is 0 Å². The van der Waals surface area contributed by atoms with Crippen molar-refractivity contribution in [2.45, 2.75) is 37.4 Å². The summed E-state index contributed by atoms with van der Waals surface area (Å²) in [5.41, 5.74) is 10.6. The average molecular weight is 626 g/mol. The molecule has 1 aliphatic rings. The van der Waals surface area contributed by atoms with Gasteiger partial charge >= 0.3 is 0 Å². The minimum absolute atomic E-state index is 0.111. The molecule has 3 aromatic carbocycles. The van der Waals surface area contributed by atoms with E-state index in [1.807, 2.05) is 30.5 Å². The first-order valence-electron chi connectivity index (χ1n) is 14.5. The zero-order valence-corrected chi connectivity index (χ0v) is 25.2. The van der Waals surface area contributed by atoms with Crippen LogP contribution in [0.4, 0.5) is 0 Å². The molecule has 0 saturated carbocycles.